The number of fused-ring (bicyclic) bond motifs is 2. The van der Waals surface area contributed by atoms with Crippen molar-refractivity contribution in [2.45, 2.75) is 81.3 Å². The molecule has 2 heterocycles. The Kier molecular flexibility index (Phi) is 5.18. The first-order valence-corrected chi connectivity index (χ1v) is 11.9. The van der Waals surface area contributed by atoms with E-state index in [0.717, 1.165) is 41.4 Å². The van der Waals surface area contributed by atoms with Gasteiger partial charge < -0.3 is 9.73 Å². The number of furan rings is 1. The van der Waals surface area contributed by atoms with Gasteiger partial charge >= 0.3 is 0 Å². The Hall–Kier alpha value is -1.76. The van der Waals surface area contributed by atoms with E-state index in [4.69, 9.17) is 4.42 Å². The van der Waals surface area contributed by atoms with Crippen LogP contribution < -0.4 is 5.32 Å². The summed E-state index contributed by atoms with van der Waals surface area (Å²) in [5, 5.41) is 12.8. The molecular weight excluding hydrogens is 384 g/mol. The Bertz CT molecular complexity index is 860. The van der Waals surface area contributed by atoms with Crippen LogP contribution in [0.25, 0.3) is 0 Å². The summed E-state index contributed by atoms with van der Waals surface area (Å²) in [6.07, 6.45) is 9.42. The van der Waals surface area contributed by atoms with Gasteiger partial charge in [-0.1, -0.05) is 18.2 Å². The summed E-state index contributed by atoms with van der Waals surface area (Å²) in [5.74, 6) is 4.87. The van der Waals surface area contributed by atoms with Crippen LogP contribution in [0.1, 0.15) is 69.9 Å². The molecule has 5 rings (SSSR count). The highest BCUT2D eigenvalue weighted by Gasteiger charge is 2.42. The van der Waals surface area contributed by atoms with Gasteiger partial charge in [0.25, 0.3) is 0 Å². The van der Waals surface area contributed by atoms with E-state index in [0.29, 0.717) is 18.4 Å². The number of hydrogen-bond acceptors (Lipinski definition) is 5. The van der Waals surface area contributed by atoms with Crippen molar-refractivity contribution in [2.75, 3.05) is 0 Å². The van der Waals surface area contributed by atoms with Crippen LogP contribution in [0.2, 0.25) is 0 Å². The summed E-state index contributed by atoms with van der Waals surface area (Å²) in [6, 6.07) is 4.12. The number of rotatable bonds is 8. The first-order valence-electron chi connectivity index (χ1n) is 11.0. The normalized spacial score (nSPS) is 27.9. The Morgan fingerprint density at radius 1 is 1.28 bits per heavy atom. The molecule has 0 saturated heterocycles. The third kappa shape index (κ3) is 3.98. The lowest BCUT2D eigenvalue weighted by Gasteiger charge is -2.29. The molecule has 6 nitrogen and oxygen atoms in total. The number of hydrogen-bond donors (Lipinski definition) is 1. The lowest BCUT2D eigenvalue weighted by molar-refractivity contribution is -0.121. The molecule has 2 aromatic heterocycles. The van der Waals surface area contributed by atoms with Crippen LogP contribution in [0.15, 0.2) is 28.0 Å². The third-order valence-corrected chi connectivity index (χ3v) is 8.12. The Morgan fingerprint density at radius 2 is 2.14 bits per heavy atom. The standard InChI is InChI=1S/C22H30N4O2S/c1-13(19-11-15-5-6-17(19)10-15)23-21(27)14(2)29-22-25-24-20(16-7-8-16)26(22)12-18-4-3-9-28-18/h3-4,9,13-17,19H,5-8,10-12H2,1-2H3,(H,23,27). The van der Waals surface area contributed by atoms with E-state index in [2.05, 4.69) is 27.0 Å². The number of carbonyl (C=O) groups excluding carboxylic acids is 1. The van der Waals surface area contributed by atoms with E-state index < -0.39 is 0 Å². The number of carbonyl (C=O) groups is 1. The predicted molar refractivity (Wildman–Crippen MR) is 112 cm³/mol. The summed E-state index contributed by atoms with van der Waals surface area (Å²) >= 11 is 1.50. The first-order chi connectivity index (χ1) is 14.1. The van der Waals surface area contributed by atoms with Crippen molar-refractivity contribution in [3.05, 3.63) is 30.0 Å². The van der Waals surface area contributed by atoms with Crippen LogP contribution in [-0.4, -0.2) is 32.0 Å². The van der Waals surface area contributed by atoms with Gasteiger partial charge in [-0.15, -0.1) is 10.2 Å². The van der Waals surface area contributed by atoms with Gasteiger partial charge in [-0.25, -0.2) is 0 Å². The van der Waals surface area contributed by atoms with Gasteiger partial charge in [0, 0.05) is 12.0 Å². The fourth-order valence-corrected chi connectivity index (χ4v) is 6.17. The molecule has 5 unspecified atom stereocenters. The first kappa shape index (κ1) is 19.2. The van der Waals surface area contributed by atoms with E-state index in [1.807, 2.05) is 19.1 Å². The smallest absolute Gasteiger partial charge is 0.233 e. The molecule has 3 aliphatic rings. The van der Waals surface area contributed by atoms with Gasteiger partial charge in [0.2, 0.25) is 5.91 Å². The van der Waals surface area contributed by atoms with Crippen LogP contribution in [-0.2, 0) is 11.3 Å². The second kappa shape index (κ2) is 7.82. The number of amides is 1. The maximum atomic E-state index is 12.9. The maximum absolute atomic E-state index is 12.9. The maximum Gasteiger partial charge on any atom is 0.233 e. The molecule has 2 bridgehead atoms. The summed E-state index contributed by atoms with van der Waals surface area (Å²) in [6.45, 7) is 4.77. The molecule has 0 aromatic carbocycles. The van der Waals surface area contributed by atoms with E-state index in [1.54, 1.807) is 6.26 Å². The molecule has 3 fully saturated rings. The number of aromatic nitrogens is 3. The van der Waals surface area contributed by atoms with Crippen molar-refractivity contribution in [1.29, 1.82) is 0 Å². The van der Waals surface area contributed by atoms with Crippen LogP contribution in [0, 0.1) is 17.8 Å². The summed E-state index contributed by atoms with van der Waals surface area (Å²) in [5.41, 5.74) is 0. The monoisotopic (exact) mass is 414 g/mol. The van der Waals surface area contributed by atoms with Crippen molar-refractivity contribution >= 4 is 17.7 Å². The fraction of sp³-hybridized carbons (Fsp3) is 0.682. The fourth-order valence-electron chi connectivity index (χ4n) is 5.30. The zero-order valence-electron chi connectivity index (χ0n) is 17.2. The van der Waals surface area contributed by atoms with Gasteiger partial charge in [-0.2, -0.15) is 0 Å². The topological polar surface area (TPSA) is 73.0 Å². The molecule has 5 atom stereocenters. The average molecular weight is 415 g/mol. The quantitative estimate of drug-likeness (QED) is 0.655. The Balaban J connectivity index is 1.24. The number of thioether (sulfide) groups is 1. The molecule has 3 saturated carbocycles. The SMILES string of the molecule is CC(Sc1nnc(C2CC2)n1Cc1ccco1)C(=O)NC(C)C1CC2CCC1C2. The number of nitrogens with zero attached hydrogens (tertiary/aromatic N) is 3. The van der Waals surface area contributed by atoms with Gasteiger partial charge in [0.15, 0.2) is 5.16 Å². The molecule has 1 N–H and O–H groups in total. The highest BCUT2D eigenvalue weighted by Crippen LogP contribution is 2.49. The van der Waals surface area contributed by atoms with Crippen molar-refractivity contribution in [3.63, 3.8) is 0 Å². The summed E-state index contributed by atoms with van der Waals surface area (Å²) in [7, 11) is 0. The molecule has 7 heteroatoms. The molecule has 1 amide bonds. The van der Waals surface area contributed by atoms with Crippen molar-refractivity contribution in [1.82, 2.24) is 20.1 Å². The second-order valence-corrected chi connectivity index (χ2v) is 10.5. The van der Waals surface area contributed by atoms with E-state index in [9.17, 15) is 4.79 Å². The van der Waals surface area contributed by atoms with Crippen LogP contribution in [0.5, 0.6) is 0 Å². The van der Waals surface area contributed by atoms with Crippen LogP contribution >= 0.6 is 11.8 Å². The van der Waals surface area contributed by atoms with Gasteiger partial charge in [0.1, 0.15) is 11.6 Å². The molecular formula is C22H30N4O2S. The third-order valence-electron chi connectivity index (χ3n) is 7.04. The predicted octanol–water partition coefficient (Wildman–Crippen LogP) is 4.22. The zero-order chi connectivity index (χ0) is 20.0. The minimum Gasteiger partial charge on any atom is -0.467 e. The summed E-state index contributed by atoms with van der Waals surface area (Å²) in [4.78, 5) is 12.9. The molecule has 3 aliphatic carbocycles. The lowest BCUT2D eigenvalue weighted by Crippen LogP contribution is -2.43. The van der Waals surface area contributed by atoms with E-state index in [-0.39, 0.29) is 17.2 Å². The van der Waals surface area contributed by atoms with Crippen molar-refractivity contribution in [3.8, 4) is 0 Å². The van der Waals surface area contributed by atoms with Crippen LogP contribution in [0.4, 0.5) is 0 Å². The van der Waals surface area contributed by atoms with E-state index in [1.165, 1.54) is 37.4 Å². The minimum absolute atomic E-state index is 0.103. The average Bonchev–Trinajstić information content (AvgIpc) is 3.13. The molecule has 2 aromatic rings. The molecule has 156 valence electrons. The van der Waals surface area contributed by atoms with Gasteiger partial charge in [0.05, 0.1) is 18.1 Å². The second-order valence-electron chi connectivity index (χ2n) is 9.18. The zero-order valence-corrected chi connectivity index (χ0v) is 18.0. The number of nitrogens with one attached hydrogen (secondary N) is 1. The van der Waals surface area contributed by atoms with Gasteiger partial charge in [-0.05, 0) is 75.8 Å². The molecule has 0 radical (unpaired) electrons. The van der Waals surface area contributed by atoms with E-state index >= 15 is 0 Å². The van der Waals surface area contributed by atoms with Crippen LogP contribution in [0.3, 0.4) is 0 Å². The lowest BCUT2D eigenvalue weighted by atomic mass is 9.84. The van der Waals surface area contributed by atoms with Crippen molar-refractivity contribution in [2.24, 2.45) is 17.8 Å². The largest absolute Gasteiger partial charge is 0.467 e. The highest BCUT2D eigenvalue weighted by molar-refractivity contribution is 8.00. The van der Waals surface area contributed by atoms with Crippen molar-refractivity contribution < 1.29 is 9.21 Å². The Morgan fingerprint density at radius 3 is 2.79 bits per heavy atom. The van der Waals surface area contributed by atoms with Gasteiger partial charge in [-0.3, -0.25) is 9.36 Å². The Labute approximate surface area is 176 Å². The summed E-state index contributed by atoms with van der Waals surface area (Å²) < 4.78 is 7.67. The molecule has 0 spiro atoms. The minimum atomic E-state index is -0.206. The molecule has 0 aliphatic heterocycles. The molecule has 29 heavy (non-hydrogen) atoms. The highest BCUT2D eigenvalue weighted by atomic mass is 32.2.